The van der Waals surface area contributed by atoms with Crippen LogP contribution in [0, 0.1) is 0 Å². The summed E-state index contributed by atoms with van der Waals surface area (Å²) in [6.07, 6.45) is -0.134. The van der Waals surface area contributed by atoms with Crippen LogP contribution in [0.2, 0.25) is 0 Å². The number of amides is 1. The van der Waals surface area contributed by atoms with Gasteiger partial charge >= 0.3 is 5.97 Å². The molecule has 0 spiro atoms. The van der Waals surface area contributed by atoms with Gasteiger partial charge in [-0.05, 0) is 32.9 Å². The molecule has 0 radical (unpaired) electrons. The van der Waals surface area contributed by atoms with Crippen LogP contribution in [0.15, 0.2) is 24.3 Å². The molecule has 0 aliphatic rings. The highest BCUT2D eigenvalue weighted by Gasteiger charge is 2.10. The molecular formula is C15H21NO4S. The largest absolute Gasteiger partial charge is 0.492 e. The van der Waals surface area contributed by atoms with Gasteiger partial charge in [0.1, 0.15) is 5.75 Å². The minimum atomic E-state index is -0.308. The molecule has 0 aliphatic carbocycles. The van der Waals surface area contributed by atoms with E-state index in [1.807, 2.05) is 19.1 Å². The molecule has 1 amide bonds. The Morgan fingerprint density at radius 2 is 1.95 bits per heavy atom. The van der Waals surface area contributed by atoms with E-state index in [1.54, 1.807) is 26.0 Å². The van der Waals surface area contributed by atoms with Crippen LogP contribution in [0.4, 0.5) is 5.69 Å². The number of hydrogen-bond donors (Lipinski definition) is 1. The van der Waals surface area contributed by atoms with E-state index in [1.165, 1.54) is 11.8 Å². The van der Waals surface area contributed by atoms with E-state index in [2.05, 4.69) is 5.32 Å². The molecule has 1 rings (SSSR count). The van der Waals surface area contributed by atoms with E-state index < -0.39 is 0 Å². The Morgan fingerprint density at radius 3 is 2.62 bits per heavy atom. The summed E-state index contributed by atoms with van der Waals surface area (Å²) in [5.41, 5.74) is 0.634. The smallest absolute Gasteiger partial charge is 0.316 e. The lowest BCUT2D eigenvalue weighted by atomic mass is 10.3. The van der Waals surface area contributed by atoms with Gasteiger partial charge in [0.15, 0.2) is 0 Å². The number of nitrogens with one attached hydrogen (secondary N) is 1. The zero-order valence-corrected chi connectivity index (χ0v) is 13.4. The van der Waals surface area contributed by atoms with Gasteiger partial charge in [-0.15, -0.1) is 11.8 Å². The number of thioether (sulfide) groups is 1. The molecule has 0 heterocycles. The number of carbonyl (C=O) groups excluding carboxylic acids is 2. The molecule has 0 atom stereocenters. The van der Waals surface area contributed by atoms with Crippen molar-refractivity contribution in [1.82, 2.24) is 0 Å². The van der Waals surface area contributed by atoms with Crippen LogP contribution in [-0.2, 0) is 14.3 Å². The van der Waals surface area contributed by atoms with Crippen molar-refractivity contribution in [3.63, 3.8) is 0 Å². The zero-order valence-electron chi connectivity index (χ0n) is 12.5. The molecule has 116 valence electrons. The molecule has 0 saturated heterocycles. The number of benzene rings is 1. The molecule has 0 aromatic heterocycles. The van der Waals surface area contributed by atoms with Crippen LogP contribution in [0.25, 0.3) is 0 Å². The fourth-order valence-corrected chi connectivity index (χ4v) is 2.16. The van der Waals surface area contributed by atoms with Crippen molar-refractivity contribution in [2.45, 2.75) is 26.9 Å². The molecule has 21 heavy (non-hydrogen) atoms. The molecule has 6 heteroatoms. The summed E-state index contributed by atoms with van der Waals surface area (Å²) in [6.45, 7) is 6.00. The predicted molar refractivity (Wildman–Crippen MR) is 84.8 cm³/mol. The van der Waals surface area contributed by atoms with Crippen LogP contribution < -0.4 is 10.1 Å². The Bertz CT molecular complexity index is 476. The summed E-state index contributed by atoms with van der Waals surface area (Å²) < 4.78 is 10.4. The van der Waals surface area contributed by atoms with Crippen molar-refractivity contribution < 1.29 is 19.1 Å². The van der Waals surface area contributed by atoms with Crippen molar-refractivity contribution in [2.75, 3.05) is 23.4 Å². The molecule has 0 saturated carbocycles. The van der Waals surface area contributed by atoms with E-state index in [-0.39, 0.29) is 29.5 Å². The maximum absolute atomic E-state index is 11.8. The predicted octanol–water partition coefficient (Wildman–Crippen LogP) is 2.71. The van der Waals surface area contributed by atoms with Crippen LogP contribution in [-0.4, -0.2) is 36.1 Å². The van der Waals surface area contributed by atoms with E-state index >= 15 is 0 Å². The standard InChI is InChI=1S/C15H21NO4S/c1-4-19-13-8-6-5-7-12(13)16-14(17)9-21-10-15(18)20-11(2)3/h5-8,11H,4,9-10H2,1-3H3,(H,16,17). The summed E-state index contributed by atoms with van der Waals surface area (Å²) in [7, 11) is 0. The van der Waals surface area contributed by atoms with Gasteiger partial charge in [-0.25, -0.2) is 0 Å². The SMILES string of the molecule is CCOc1ccccc1NC(=O)CSCC(=O)OC(C)C. The highest BCUT2D eigenvalue weighted by molar-refractivity contribution is 8.00. The molecule has 0 bridgehead atoms. The fourth-order valence-electron chi connectivity index (χ4n) is 1.56. The lowest BCUT2D eigenvalue weighted by Crippen LogP contribution is -2.18. The first-order valence-corrected chi connectivity index (χ1v) is 7.97. The van der Waals surface area contributed by atoms with E-state index in [0.29, 0.717) is 18.0 Å². The maximum atomic E-state index is 11.8. The first-order chi connectivity index (χ1) is 10.0. The zero-order chi connectivity index (χ0) is 15.7. The van der Waals surface area contributed by atoms with Gasteiger partial charge in [0.2, 0.25) is 5.91 Å². The molecule has 0 unspecified atom stereocenters. The lowest BCUT2D eigenvalue weighted by molar-refractivity contribution is -0.144. The average molecular weight is 311 g/mol. The third-order valence-corrected chi connectivity index (χ3v) is 3.19. The van der Waals surface area contributed by atoms with Gasteiger partial charge < -0.3 is 14.8 Å². The number of hydrogen-bond acceptors (Lipinski definition) is 5. The van der Waals surface area contributed by atoms with Crippen molar-refractivity contribution in [3.05, 3.63) is 24.3 Å². The van der Waals surface area contributed by atoms with Crippen LogP contribution in [0.3, 0.4) is 0 Å². The second-order valence-electron chi connectivity index (χ2n) is 4.51. The van der Waals surface area contributed by atoms with Crippen LogP contribution in [0.5, 0.6) is 5.75 Å². The molecule has 1 aromatic carbocycles. The van der Waals surface area contributed by atoms with Gasteiger partial charge in [-0.1, -0.05) is 12.1 Å². The van der Waals surface area contributed by atoms with Gasteiger partial charge in [0.25, 0.3) is 0 Å². The summed E-state index contributed by atoms with van der Waals surface area (Å²) in [5.74, 6) is 0.506. The Balaban J connectivity index is 2.39. The van der Waals surface area contributed by atoms with Gasteiger partial charge in [-0.3, -0.25) is 9.59 Å². The third kappa shape index (κ3) is 7.04. The minimum Gasteiger partial charge on any atom is -0.492 e. The Morgan fingerprint density at radius 1 is 1.24 bits per heavy atom. The van der Waals surface area contributed by atoms with Crippen molar-refractivity contribution in [2.24, 2.45) is 0 Å². The van der Waals surface area contributed by atoms with Gasteiger partial charge in [0.05, 0.1) is 29.9 Å². The normalized spacial score (nSPS) is 10.3. The highest BCUT2D eigenvalue weighted by atomic mass is 32.2. The first-order valence-electron chi connectivity index (χ1n) is 6.81. The topological polar surface area (TPSA) is 64.6 Å². The number of para-hydroxylation sites is 2. The molecule has 0 fully saturated rings. The molecular weight excluding hydrogens is 290 g/mol. The van der Waals surface area contributed by atoms with E-state index in [4.69, 9.17) is 9.47 Å². The summed E-state index contributed by atoms with van der Waals surface area (Å²) >= 11 is 1.22. The van der Waals surface area contributed by atoms with E-state index in [0.717, 1.165) is 0 Å². The summed E-state index contributed by atoms with van der Waals surface area (Å²) in [4.78, 5) is 23.2. The number of carbonyl (C=O) groups is 2. The van der Waals surface area contributed by atoms with Crippen LogP contribution >= 0.6 is 11.8 Å². The lowest BCUT2D eigenvalue weighted by Gasteiger charge is -2.11. The van der Waals surface area contributed by atoms with Crippen molar-refractivity contribution >= 4 is 29.3 Å². The molecule has 5 nitrogen and oxygen atoms in total. The maximum Gasteiger partial charge on any atom is 0.316 e. The molecule has 1 N–H and O–H groups in total. The number of ether oxygens (including phenoxy) is 2. The van der Waals surface area contributed by atoms with Gasteiger partial charge in [0, 0.05) is 0 Å². The first kappa shape index (κ1) is 17.4. The second-order valence-corrected chi connectivity index (χ2v) is 5.49. The highest BCUT2D eigenvalue weighted by Crippen LogP contribution is 2.23. The second kappa shape index (κ2) is 9.28. The summed E-state index contributed by atoms with van der Waals surface area (Å²) in [5, 5.41) is 2.77. The quantitative estimate of drug-likeness (QED) is 0.748. The Labute approximate surface area is 129 Å². The van der Waals surface area contributed by atoms with E-state index in [9.17, 15) is 9.59 Å². The third-order valence-electron chi connectivity index (χ3n) is 2.28. The number of anilines is 1. The molecule has 0 aliphatic heterocycles. The Hall–Kier alpha value is -1.69. The van der Waals surface area contributed by atoms with Crippen molar-refractivity contribution in [3.8, 4) is 5.75 Å². The molecule has 1 aromatic rings. The number of rotatable bonds is 8. The van der Waals surface area contributed by atoms with Crippen LogP contribution in [0.1, 0.15) is 20.8 Å². The fraction of sp³-hybridized carbons (Fsp3) is 0.467. The number of esters is 1. The monoisotopic (exact) mass is 311 g/mol. The Kier molecular flexibility index (Phi) is 7.68. The minimum absolute atomic E-state index is 0.134. The van der Waals surface area contributed by atoms with Crippen molar-refractivity contribution in [1.29, 1.82) is 0 Å². The van der Waals surface area contributed by atoms with Gasteiger partial charge in [-0.2, -0.15) is 0 Å². The average Bonchev–Trinajstić information content (AvgIpc) is 2.40. The summed E-state index contributed by atoms with van der Waals surface area (Å²) in [6, 6.07) is 7.25.